The molecule has 7 heteroatoms. The van der Waals surface area contributed by atoms with Crippen LogP contribution < -0.4 is 4.90 Å². The molecule has 2 unspecified atom stereocenters. The van der Waals surface area contributed by atoms with E-state index in [1.54, 1.807) is 0 Å². The van der Waals surface area contributed by atoms with Crippen LogP contribution in [0.3, 0.4) is 0 Å². The van der Waals surface area contributed by atoms with E-state index in [4.69, 9.17) is 4.74 Å². The van der Waals surface area contributed by atoms with Gasteiger partial charge in [0.05, 0.1) is 18.2 Å². The maximum Gasteiger partial charge on any atom is 0.309 e. The second-order valence-electron chi connectivity index (χ2n) is 6.25. The minimum absolute atomic E-state index is 0.00707. The maximum atomic E-state index is 13.4. The minimum Gasteiger partial charge on any atom is -0.507 e. The van der Waals surface area contributed by atoms with Crippen molar-refractivity contribution in [2.24, 2.45) is 11.8 Å². The number of phenols is 1. The van der Waals surface area contributed by atoms with Gasteiger partial charge in [-0.2, -0.15) is 0 Å². The molecule has 134 valence electrons. The molecule has 25 heavy (non-hydrogen) atoms. The Morgan fingerprint density at radius 1 is 1.52 bits per heavy atom. The predicted molar refractivity (Wildman–Crippen MR) is 95.3 cm³/mol. The van der Waals surface area contributed by atoms with Crippen molar-refractivity contribution in [2.75, 3.05) is 24.6 Å². The fraction of sp³-hybridized carbons (Fsp3) is 0.444. The van der Waals surface area contributed by atoms with Crippen LogP contribution in [0.25, 0.3) is 11.3 Å². The fourth-order valence-electron chi connectivity index (χ4n) is 3.17. The molecule has 3 rings (SSSR count). The maximum absolute atomic E-state index is 13.4. The normalized spacial score (nSPS) is 20.5. The lowest BCUT2D eigenvalue weighted by molar-refractivity contribution is -0.150. The Labute approximate surface area is 150 Å². The number of thiazole rings is 1. The van der Waals surface area contributed by atoms with Crippen LogP contribution in [0, 0.1) is 17.7 Å². The molecular formula is C18H21FN2O3S. The minimum atomic E-state index is -0.411. The molecule has 0 amide bonds. The molecule has 1 fully saturated rings. The first-order chi connectivity index (χ1) is 12.0. The molecule has 0 spiro atoms. The zero-order valence-electron chi connectivity index (χ0n) is 14.2. The monoisotopic (exact) mass is 364 g/mol. The molecule has 0 bridgehead atoms. The summed E-state index contributed by atoms with van der Waals surface area (Å²) >= 11 is 1.45. The highest BCUT2D eigenvalue weighted by atomic mass is 32.1. The summed E-state index contributed by atoms with van der Waals surface area (Å²) in [6.07, 6.45) is 0.722. The van der Waals surface area contributed by atoms with E-state index in [9.17, 15) is 14.3 Å². The van der Waals surface area contributed by atoms with Crippen molar-refractivity contribution in [1.82, 2.24) is 4.98 Å². The fourth-order valence-corrected chi connectivity index (χ4v) is 4.03. The Balaban J connectivity index is 1.73. The number of carbonyl (C=O) groups excluding carboxylic acids is 1. The van der Waals surface area contributed by atoms with Crippen LogP contribution in [-0.2, 0) is 9.53 Å². The van der Waals surface area contributed by atoms with E-state index in [1.165, 1.54) is 29.5 Å². The number of phenolic OH excluding ortho intramolecular Hbond substituents is 1. The smallest absolute Gasteiger partial charge is 0.309 e. The van der Waals surface area contributed by atoms with Crippen LogP contribution in [0.2, 0.25) is 0 Å². The Kier molecular flexibility index (Phi) is 5.22. The number of halogens is 1. The standard InChI is InChI=1S/C18H21FN2O3S/c1-3-24-17(23)13-6-7-21(9-11(13)2)18-20-15(10-25-18)14-8-12(19)4-5-16(14)22/h4-5,8,10-11,13,22H,3,6-7,9H2,1-2H3. The van der Waals surface area contributed by atoms with E-state index in [2.05, 4.69) is 9.88 Å². The van der Waals surface area contributed by atoms with Crippen LogP contribution in [0.15, 0.2) is 23.6 Å². The van der Waals surface area contributed by atoms with Gasteiger partial charge in [0, 0.05) is 24.0 Å². The van der Waals surface area contributed by atoms with Crippen molar-refractivity contribution in [3.05, 3.63) is 29.4 Å². The number of aromatic nitrogens is 1. The SMILES string of the molecule is CCOC(=O)C1CCN(c2nc(-c3cc(F)ccc3O)cs2)CC1C. The zero-order chi connectivity index (χ0) is 18.0. The van der Waals surface area contributed by atoms with E-state index in [-0.39, 0.29) is 23.6 Å². The van der Waals surface area contributed by atoms with Gasteiger partial charge in [-0.3, -0.25) is 4.79 Å². The Bertz CT molecular complexity index is 765. The zero-order valence-corrected chi connectivity index (χ0v) is 15.1. The van der Waals surface area contributed by atoms with Gasteiger partial charge < -0.3 is 14.7 Å². The van der Waals surface area contributed by atoms with E-state index in [0.29, 0.717) is 24.4 Å². The number of hydrogen-bond donors (Lipinski definition) is 1. The van der Waals surface area contributed by atoms with Crippen LogP contribution in [0.4, 0.5) is 9.52 Å². The summed E-state index contributed by atoms with van der Waals surface area (Å²) in [6, 6.07) is 3.83. The summed E-state index contributed by atoms with van der Waals surface area (Å²) in [5.74, 6) is -0.441. The number of hydrogen-bond acceptors (Lipinski definition) is 6. The molecule has 1 saturated heterocycles. The summed E-state index contributed by atoms with van der Waals surface area (Å²) in [5, 5.41) is 12.6. The summed E-state index contributed by atoms with van der Waals surface area (Å²) < 4.78 is 18.6. The molecule has 0 radical (unpaired) electrons. The lowest BCUT2D eigenvalue weighted by Gasteiger charge is -2.35. The van der Waals surface area contributed by atoms with Crippen molar-refractivity contribution < 1.29 is 19.0 Å². The topological polar surface area (TPSA) is 62.7 Å². The highest BCUT2D eigenvalue weighted by Crippen LogP contribution is 2.35. The van der Waals surface area contributed by atoms with Crippen molar-refractivity contribution in [2.45, 2.75) is 20.3 Å². The van der Waals surface area contributed by atoms with Gasteiger partial charge in [-0.25, -0.2) is 9.37 Å². The van der Waals surface area contributed by atoms with Crippen molar-refractivity contribution in [1.29, 1.82) is 0 Å². The van der Waals surface area contributed by atoms with Gasteiger partial charge in [0.25, 0.3) is 0 Å². The molecule has 1 aliphatic heterocycles. The third-order valence-electron chi connectivity index (χ3n) is 4.49. The van der Waals surface area contributed by atoms with Gasteiger partial charge >= 0.3 is 5.97 Å². The number of piperidine rings is 1. The van der Waals surface area contributed by atoms with Gasteiger partial charge in [0.2, 0.25) is 0 Å². The first kappa shape index (κ1) is 17.7. The molecule has 0 saturated carbocycles. The molecule has 5 nitrogen and oxygen atoms in total. The molecule has 1 N–H and O–H groups in total. The van der Waals surface area contributed by atoms with E-state index >= 15 is 0 Å². The lowest BCUT2D eigenvalue weighted by Crippen LogP contribution is -2.42. The summed E-state index contributed by atoms with van der Waals surface area (Å²) in [5.41, 5.74) is 0.939. The number of esters is 1. The van der Waals surface area contributed by atoms with Gasteiger partial charge in [0.1, 0.15) is 11.6 Å². The van der Waals surface area contributed by atoms with Crippen LogP contribution in [-0.4, -0.2) is 35.8 Å². The second-order valence-corrected chi connectivity index (χ2v) is 7.08. The van der Waals surface area contributed by atoms with Gasteiger partial charge in [0.15, 0.2) is 5.13 Å². The second kappa shape index (κ2) is 7.39. The molecule has 2 aromatic rings. The third kappa shape index (κ3) is 3.76. The number of nitrogens with zero attached hydrogens (tertiary/aromatic N) is 2. The Morgan fingerprint density at radius 2 is 2.32 bits per heavy atom. The molecule has 2 heterocycles. The third-order valence-corrected chi connectivity index (χ3v) is 5.39. The molecule has 2 atom stereocenters. The number of ether oxygens (including phenoxy) is 1. The number of aromatic hydroxyl groups is 1. The van der Waals surface area contributed by atoms with Crippen LogP contribution in [0.1, 0.15) is 20.3 Å². The first-order valence-electron chi connectivity index (χ1n) is 8.35. The van der Waals surface area contributed by atoms with Gasteiger partial charge in [-0.05, 0) is 37.5 Å². The molecule has 0 aliphatic carbocycles. The van der Waals surface area contributed by atoms with Crippen molar-refractivity contribution in [3.8, 4) is 17.0 Å². The number of carbonyl (C=O) groups is 1. The largest absolute Gasteiger partial charge is 0.507 e. The molecular weight excluding hydrogens is 343 g/mol. The van der Waals surface area contributed by atoms with E-state index in [0.717, 1.165) is 18.1 Å². The predicted octanol–water partition coefficient (Wildman–Crippen LogP) is 3.68. The summed E-state index contributed by atoms with van der Waals surface area (Å²) in [6.45, 7) is 5.69. The Morgan fingerprint density at radius 3 is 3.04 bits per heavy atom. The van der Waals surface area contributed by atoms with Crippen LogP contribution in [0.5, 0.6) is 5.75 Å². The van der Waals surface area contributed by atoms with Crippen molar-refractivity contribution in [3.63, 3.8) is 0 Å². The first-order valence-corrected chi connectivity index (χ1v) is 9.23. The molecule has 1 aromatic heterocycles. The van der Waals surface area contributed by atoms with Crippen LogP contribution >= 0.6 is 11.3 Å². The lowest BCUT2D eigenvalue weighted by atomic mass is 9.87. The van der Waals surface area contributed by atoms with E-state index < -0.39 is 5.82 Å². The number of benzene rings is 1. The number of rotatable bonds is 4. The van der Waals surface area contributed by atoms with E-state index in [1.807, 2.05) is 19.2 Å². The summed E-state index contributed by atoms with van der Waals surface area (Å²) in [4.78, 5) is 18.7. The van der Waals surface area contributed by atoms with Crippen molar-refractivity contribution >= 4 is 22.4 Å². The molecule has 1 aliphatic rings. The highest BCUT2D eigenvalue weighted by molar-refractivity contribution is 7.14. The molecule has 1 aromatic carbocycles. The number of anilines is 1. The average Bonchev–Trinajstić information content (AvgIpc) is 3.07. The Hall–Kier alpha value is -2.15. The highest BCUT2D eigenvalue weighted by Gasteiger charge is 2.33. The van der Waals surface area contributed by atoms with Gasteiger partial charge in [-0.15, -0.1) is 11.3 Å². The van der Waals surface area contributed by atoms with Gasteiger partial charge in [-0.1, -0.05) is 6.92 Å². The average molecular weight is 364 g/mol. The summed E-state index contributed by atoms with van der Waals surface area (Å²) in [7, 11) is 0. The quantitative estimate of drug-likeness (QED) is 0.839.